The summed E-state index contributed by atoms with van der Waals surface area (Å²) in [6.07, 6.45) is 4.06. The highest BCUT2D eigenvalue weighted by molar-refractivity contribution is 6.30. The number of carbonyl (C=O) groups excluding carboxylic acids is 1. The minimum atomic E-state index is -0.483. The van der Waals surface area contributed by atoms with Crippen molar-refractivity contribution in [3.63, 3.8) is 0 Å². The largest absolute Gasteiger partial charge is 0.368 e. The van der Waals surface area contributed by atoms with Crippen LogP contribution < -0.4 is 11.1 Å². The molecule has 23 heavy (non-hydrogen) atoms. The third-order valence-corrected chi connectivity index (χ3v) is 4.28. The van der Waals surface area contributed by atoms with Gasteiger partial charge >= 0.3 is 0 Å². The van der Waals surface area contributed by atoms with Crippen molar-refractivity contribution >= 4 is 23.3 Å². The number of aryl methyl sites for hydroxylation is 1. The number of aromatic nitrogens is 2. The number of anilines is 1. The Labute approximate surface area is 140 Å². The van der Waals surface area contributed by atoms with Gasteiger partial charge in [-0.1, -0.05) is 23.7 Å². The van der Waals surface area contributed by atoms with Crippen LogP contribution in [0, 0.1) is 0 Å². The van der Waals surface area contributed by atoms with Crippen molar-refractivity contribution in [1.29, 1.82) is 0 Å². The predicted molar refractivity (Wildman–Crippen MR) is 91.4 cm³/mol. The van der Waals surface area contributed by atoms with Crippen molar-refractivity contribution in [3.8, 4) is 11.4 Å². The molecule has 2 aromatic rings. The van der Waals surface area contributed by atoms with Crippen molar-refractivity contribution in [2.45, 2.75) is 38.6 Å². The normalized spacial score (nSPS) is 14.9. The maximum absolute atomic E-state index is 11.4. The Kier molecular flexibility index (Phi) is 4.48. The number of amides is 1. The van der Waals surface area contributed by atoms with E-state index in [9.17, 15) is 4.79 Å². The van der Waals surface area contributed by atoms with E-state index in [2.05, 4.69) is 10.3 Å². The second kappa shape index (κ2) is 6.54. The molecule has 1 heterocycles. The topological polar surface area (TPSA) is 80.9 Å². The van der Waals surface area contributed by atoms with Gasteiger partial charge in [0.2, 0.25) is 5.91 Å². The number of halogens is 1. The molecule has 1 atom stereocenters. The number of fused-ring (bicyclic) bond motifs is 1. The van der Waals surface area contributed by atoms with E-state index < -0.39 is 11.9 Å². The first-order valence-electron chi connectivity index (χ1n) is 7.76. The first kappa shape index (κ1) is 15.7. The lowest BCUT2D eigenvalue weighted by Gasteiger charge is -2.21. The number of hydrogen-bond donors (Lipinski definition) is 2. The highest BCUT2D eigenvalue weighted by Gasteiger charge is 2.20. The molecule has 5 nitrogen and oxygen atoms in total. The fraction of sp³-hybridized carbons (Fsp3) is 0.353. The number of carbonyl (C=O) groups is 1. The zero-order valence-electron chi connectivity index (χ0n) is 13.0. The fourth-order valence-corrected chi connectivity index (χ4v) is 2.94. The number of nitrogens with zero attached hydrogens (tertiary/aromatic N) is 2. The third kappa shape index (κ3) is 3.45. The van der Waals surface area contributed by atoms with E-state index in [0.29, 0.717) is 16.7 Å². The van der Waals surface area contributed by atoms with Crippen molar-refractivity contribution in [1.82, 2.24) is 9.97 Å². The number of benzene rings is 1. The molecule has 3 N–H and O–H groups in total. The predicted octanol–water partition coefficient (Wildman–Crippen LogP) is 2.96. The molecule has 0 fully saturated rings. The first-order chi connectivity index (χ1) is 11.0. The van der Waals surface area contributed by atoms with Crippen LogP contribution in [0.2, 0.25) is 5.02 Å². The van der Waals surface area contributed by atoms with Crippen LogP contribution >= 0.6 is 11.6 Å². The van der Waals surface area contributed by atoms with Gasteiger partial charge in [-0.2, -0.15) is 0 Å². The molecule has 1 aromatic carbocycles. The van der Waals surface area contributed by atoms with Gasteiger partial charge in [0.15, 0.2) is 5.82 Å². The molecule has 1 aromatic heterocycles. The lowest BCUT2D eigenvalue weighted by Crippen LogP contribution is -2.33. The smallest absolute Gasteiger partial charge is 0.239 e. The standard InChI is InChI=1S/C17H19ClN4O/c1-10(15(19)23)20-17-13-7-2-3-8-14(13)21-16(22-17)11-5-4-6-12(18)9-11/h4-6,9-10H,2-3,7-8H2,1H3,(H2,19,23)(H,20,21,22). The molecule has 1 amide bonds. The second-order valence-electron chi connectivity index (χ2n) is 5.81. The molecule has 0 aliphatic heterocycles. The van der Waals surface area contributed by atoms with E-state index in [0.717, 1.165) is 42.5 Å². The molecular formula is C17H19ClN4O. The minimum absolute atomic E-state index is 0.405. The van der Waals surface area contributed by atoms with Crippen LogP contribution in [-0.2, 0) is 17.6 Å². The van der Waals surface area contributed by atoms with Gasteiger partial charge in [-0.15, -0.1) is 0 Å². The van der Waals surface area contributed by atoms with E-state index in [4.69, 9.17) is 22.3 Å². The highest BCUT2D eigenvalue weighted by atomic mass is 35.5. The lowest BCUT2D eigenvalue weighted by molar-refractivity contribution is -0.118. The van der Waals surface area contributed by atoms with Crippen LogP contribution in [0.4, 0.5) is 5.82 Å². The number of primary amides is 1. The summed E-state index contributed by atoms with van der Waals surface area (Å²) in [6.45, 7) is 1.73. The first-order valence-corrected chi connectivity index (χ1v) is 8.14. The highest BCUT2D eigenvalue weighted by Crippen LogP contribution is 2.29. The molecule has 0 saturated heterocycles. The average Bonchev–Trinajstić information content (AvgIpc) is 2.54. The molecule has 0 radical (unpaired) electrons. The third-order valence-electron chi connectivity index (χ3n) is 4.05. The number of rotatable bonds is 4. The molecule has 0 spiro atoms. The van der Waals surface area contributed by atoms with E-state index in [1.54, 1.807) is 6.92 Å². The summed E-state index contributed by atoms with van der Waals surface area (Å²) in [5, 5.41) is 3.78. The molecule has 1 aliphatic carbocycles. The Bertz CT molecular complexity index is 747. The van der Waals surface area contributed by atoms with Gasteiger partial charge in [0.1, 0.15) is 11.9 Å². The van der Waals surface area contributed by atoms with Crippen molar-refractivity contribution in [2.75, 3.05) is 5.32 Å². The maximum atomic E-state index is 11.4. The summed E-state index contributed by atoms with van der Waals surface area (Å²) in [6, 6.07) is 6.98. The van der Waals surface area contributed by atoms with Gasteiger partial charge in [-0.05, 0) is 44.7 Å². The summed E-state index contributed by atoms with van der Waals surface area (Å²) in [5.41, 5.74) is 8.36. The van der Waals surface area contributed by atoms with Crippen LogP contribution in [0.5, 0.6) is 0 Å². The van der Waals surface area contributed by atoms with Crippen molar-refractivity contribution in [3.05, 3.63) is 40.5 Å². The summed E-state index contributed by atoms with van der Waals surface area (Å²) < 4.78 is 0. The molecular weight excluding hydrogens is 312 g/mol. The van der Waals surface area contributed by atoms with Crippen LogP contribution in [-0.4, -0.2) is 21.9 Å². The molecule has 1 aliphatic rings. The van der Waals surface area contributed by atoms with Crippen molar-refractivity contribution < 1.29 is 4.79 Å². The van der Waals surface area contributed by atoms with E-state index >= 15 is 0 Å². The summed E-state index contributed by atoms with van der Waals surface area (Å²) in [7, 11) is 0. The molecule has 3 rings (SSSR count). The molecule has 0 saturated carbocycles. The van der Waals surface area contributed by atoms with E-state index in [-0.39, 0.29) is 0 Å². The lowest BCUT2D eigenvalue weighted by atomic mass is 9.96. The van der Waals surface area contributed by atoms with E-state index in [1.807, 2.05) is 24.3 Å². The van der Waals surface area contributed by atoms with E-state index in [1.165, 1.54) is 0 Å². The molecule has 120 valence electrons. The number of hydrogen-bond acceptors (Lipinski definition) is 4. The average molecular weight is 331 g/mol. The Morgan fingerprint density at radius 2 is 2.09 bits per heavy atom. The Hall–Kier alpha value is -2.14. The SMILES string of the molecule is CC(Nc1nc(-c2cccc(Cl)c2)nc2c1CCCC2)C(N)=O. The van der Waals surface area contributed by atoms with Crippen molar-refractivity contribution in [2.24, 2.45) is 5.73 Å². The van der Waals surface area contributed by atoms with Gasteiger partial charge in [-0.25, -0.2) is 9.97 Å². The summed E-state index contributed by atoms with van der Waals surface area (Å²) >= 11 is 6.07. The zero-order valence-corrected chi connectivity index (χ0v) is 13.7. The maximum Gasteiger partial charge on any atom is 0.239 e. The summed E-state index contributed by atoms with van der Waals surface area (Å²) in [5.74, 6) is 0.917. The van der Waals surface area contributed by atoms with Crippen LogP contribution in [0.15, 0.2) is 24.3 Å². The second-order valence-corrected chi connectivity index (χ2v) is 6.24. The van der Waals surface area contributed by atoms with Gasteiger partial charge in [-0.3, -0.25) is 4.79 Å². The molecule has 6 heteroatoms. The monoisotopic (exact) mass is 330 g/mol. The van der Waals surface area contributed by atoms with Gasteiger partial charge in [0, 0.05) is 21.8 Å². The Morgan fingerprint density at radius 3 is 2.83 bits per heavy atom. The fourth-order valence-electron chi connectivity index (χ4n) is 2.75. The molecule has 0 bridgehead atoms. The quantitative estimate of drug-likeness (QED) is 0.903. The van der Waals surface area contributed by atoms with Gasteiger partial charge < -0.3 is 11.1 Å². The number of nitrogens with two attached hydrogens (primary N) is 1. The van der Waals surface area contributed by atoms with Crippen LogP contribution in [0.1, 0.15) is 31.0 Å². The van der Waals surface area contributed by atoms with Crippen LogP contribution in [0.3, 0.4) is 0 Å². The Morgan fingerprint density at radius 1 is 1.30 bits per heavy atom. The number of nitrogens with one attached hydrogen (secondary N) is 1. The van der Waals surface area contributed by atoms with Crippen LogP contribution in [0.25, 0.3) is 11.4 Å². The van der Waals surface area contributed by atoms with Gasteiger partial charge in [0.25, 0.3) is 0 Å². The zero-order chi connectivity index (χ0) is 16.4. The molecule has 1 unspecified atom stereocenters. The minimum Gasteiger partial charge on any atom is -0.368 e. The summed E-state index contributed by atoms with van der Waals surface area (Å²) in [4.78, 5) is 20.7. The Balaban J connectivity index is 2.06. The van der Waals surface area contributed by atoms with Gasteiger partial charge in [0.05, 0.1) is 0 Å².